The minimum Gasteiger partial charge on any atom is -0.481 e. The standard InChI is InChI=1S/C34H34N4O4.C6H13IN2O/c1-7-21-17(3)25-13-26-19(5)23(9-11-33(39)40)31(37-26)16-32-24(10-12-34(41)42)20(6)28(38-32)15-30-22(8-2)18(4)27(36-30)14-29(21)35-25;1-2-3-8-4-5-9-6(7)10/h7-8,13-16,35-36H,1-2,9-12H2,3-6H3,(H,39,40)(H,41,42);8H,2-5H2,1H3,(H,9,10). The van der Waals surface area contributed by atoms with Crippen molar-refractivity contribution in [2.45, 2.75) is 66.7 Å². The summed E-state index contributed by atoms with van der Waals surface area (Å²) in [7, 11) is 0. The molecule has 0 unspecified atom stereocenters. The van der Waals surface area contributed by atoms with Gasteiger partial charge in [-0.25, -0.2) is 9.97 Å². The van der Waals surface area contributed by atoms with Gasteiger partial charge < -0.3 is 30.8 Å². The molecule has 12 heteroatoms. The lowest BCUT2D eigenvalue weighted by molar-refractivity contribution is -0.137. The van der Waals surface area contributed by atoms with Gasteiger partial charge in [-0.2, -0.15) is 0 Å². The summed E-state index contributed by atoms with van der Waals surface area (Å²) in [5, 5.41) is 24.8. The highest BCUT2D eigenvalue weighted by atomic mass is 127. The predicted octanol–water partition coefficient (Wildman–Crippen LogP) is 8.94. The summed E-state index contributed by atoms with van der Waals surface area (Å²) in [4.78, 5) is 50.3. The van der Waals surface area contributed by atoms with Crippen LogP contribution in [0.3, 0.4) is 0 Å². The zero-order valence-electron chi connectivity index (χ0n) is 30.4. The quantitative estimate of drug-likeness (QED) is 0.0429. The third-order valence-electron chi connectivity index (χ3n) is 9.21. The van der Waals surface area contributed by atoms with E-state index in [0.29, 0.717) is 24.2 Å². The zero-order valence-corrected chi connectivity index (χ0v) is 32.6. The Labute approximate surface area is 317 Å². The number of hydrogen-bond acceptors (Lipinski definition) is 6. The Kier molecular flexibility index (Phi) is 13.9. The van der Waals surface area contributed by atoms with Crippen LogP contribution in [0.15, 0.2) is 37.4 Å². The molecule has 2 aliphatic heterocycles. The fourth-order valence-electron chi connectivity index (χ4n) is 6.32. The van der Waals surface area contributed by atoms with Crippen molar-refractivity contribution in [3.63, 3.8) is 0 Å². The van der Waals surface area contributed by atoms with E-state index < -0.39 is 11.9 Å². The van der Waals surface area contributed by atoms with E-state index in [-0.39, 0.29) is 16.8 Å². The Balaban J connectivity index is 0.000000530. The Morgan fingerprint density at radius 2 is 1.17 bits per heavy atom. The first kappa shape index (κ1) is 40.0. The molecule has 0 aliphatic carbocycles. The van der Waals surface area contributed by atoms with Gasteiger partial charge in [-0.15, -0.1) is 0 Å². The maximum absolute atomic E-state index is 11.5. The summed E-state index contributed by atoms with van der Waals surface area (Å²) in [5.41, 5.74) is 13.7. The van der Waals surface area contributed by atoms with Crippen molar-refractivity contribution in [2.75, 3.05) is 19.6 Å². The first-order valence-corrected chi connectivity index (χ1v) is 18.4. The second-order valence-corrected chi connectivity index (χ2v) is 13.7. The molecule has 0 aromatic carbocycles. The number of amides is 1. The molecule has 5 heterocycles. The van der Waals surface area contributed by atoms with Crippen LogP contribution in [0.2, 0.25) is 0 Å². The summed E-state index contributed by atoms with van der Waals surface area (Å²) in [5.74, 6) is -1.78. The van der Waals surface area contributed by atoms with E-state index in [4.69, 9.17) is 9.97 Å². The van der Waals surface area contributed by atoms with Crippen molar-refractivity contribution in [2.24, 2.45) is 0 Å². The minimum absolute atomic E-state index is 0.0101. The van der Waals surface area contributed by atoms with Gasteiger partial charge in [-0.3, -0.25) is 14.4 Å². The zero-order chi connectivity index (χ0) is 38.1. The van der Waals surface area contributed by atoms with E-state index in [0.717, 1.165) is 104 Å². The number of aromatic nitrogens is 4. The number of carboxylic acid groups (broad SMARTS) is 2. The van der Waals surface area contributed by atoms with E-state index in [1.807, 2.05) is 58.0 Å². The SMILES string of the molecule is C=Cc1c(C)c2cc3[nH]c(cc4nc(cc5nc(cc1[nH]2)C(C)=C5CCC(=O)O)C(CCC(=O)O)=C4C)c(C)c3C=C.CCCNCCNC(=O)I. The van der Waals surface area contributed by atoms with Crippen LogP contribution < -0.4 is 10.6 Å². The van der Waals surface area contributed by atoms with Gasteiger partial charge in [0.15, 0.2) is 0 Å². The number of H-pyrrole nitrogens is 2. The maximum atomic E-state index is 11.5. The molecule has 2 aliphatic rings. The van der Waals surface area contributed by atoms with Crippen LogP contribution in [0.5, 0.6) is 0 Å². The van der Waals surface area contributed by atoms with E-state index in [9.17, 15) is 24.6 Å². The molecule has 0 radical (unpaired) electrons. The van der Waals surface area contributed by atoms with Gasteiger partial charge in [-0.1, -0.05) is 32.2 Å². The average Bonchev–Trinajstić information content (AvgIpc) is 3.75. The molecule has 5 rings (SSSR count). The average molecular weight is 819 g/mol. The number of nitrogens with zero attached hydrogens (tertiary/aromatic N) is 2. The molecular formula is C40H47IN6O5. The highest BCUT2D eigenvalue weighted by Crippen LogP contribution is 2.38. The van der Waals surface area contributed by atoms with Gasteiger partial charge in [-0.05, 0) is 111 Å². The molecule has 0 spiro atoms. The first-order valence-electron chi connectivity index (χ1n) is 17.3. The van der Waals surface area contributed by atoms with Gasteiger partial charge in [0.1, 0.15) is 0 Å². The molecule has 3 aromatic heterocycles. The number of halogens is 1. The number of rotatable bonds is 13. The number of carbonyl (C=O) groups is 3. The number of aromatic amines is 2. The van der Waals surface area contributed by atoms with Crippen LogP contribution in [0.4, 0.5) is 4.79 Å². The second kappa shape index (κ2) is 18.1. The Morgan fingerprint density at radius 1 is 0.712 bits per heavy atom. The lowest BCUT2D eigenvalue weighted by atomic mass is 9.98. The number of aryl methyl sites for hydroxylation is 2. The number of carboxylic acids is 2. The molecular weight excluding hydrogens is 771 g/mol. The molecule has 52 heavy (non-hydrogen) atoms. The number of aliphatic carboxylic acids is 2. The predicted molar refractivity (Wildman–Crippen MR) is 220 cm³/mol. The van der Waals surface area contributed by atoms with Gasteiger partial charge in [0.25, 0.3) is 3.91 Å². The van der Waals surface area contributed by atoms with Crippen LogP contribution in [-0.2, 0) is 9.59 Å². The number of carbonyl (C=O) groups excluding carboxylic acids is 1. The lowest BCUT2D eigenvalue weighted by Crippen LogP contribution is -2.28. The summed E-state index contributed by atoms with van der Waals surface area (Å²) in [6.07, 6.45) is 5.34. The maximum Gasteiger partial charge on any atom is 0.303 e. The number of nitrogens with one attached hydrogen (secondary N) is 4. The molecule has 6 N–H and O–H groups in total. The monoisotopic (exact) mass is 818 g/mol. The minimum atomic E-state index is -0.889. The molecule has 8 bridgehead atoms. The molecule has 274 valence electrons. The van der Waals surface area contributed by atoms with Crippen molar-refractivity contribution < 1.29 is 24.6 Å². The van der Waals surface area contributed by atoms with Crippen molar-refractivity contribution in [3.05, 3.63) is 82.5 Å². The van der Waals surface area contributed by atoms with Crippen LogP contribution in [0.1, 0.15) is 97.9 Å². The Bertz CT molecular complexity index is 2140. The van der Waals surface area contributed by atoms with Crippen molar-refractivity contribution in [1.29, 1.82) is 0 Å². The van der Waals surface area contributed by atoms with E-state index in [1.54, 1.807) is 22.6 Å². The topological polar surface area (TPSA) is 173 Å². The first-order chi connectivity index (χ1) is 24.8. The molecule has 11 nitrogen and oxygen atoms in total. The van der Waals surface area contributed by atoms with Gasteiger partial charge in [0.05, 0.1) is 22.8 Å². The number of allylic oxidation sites excluding steroid dienone is 4. The number of fused-ring (bicyclic) bond motifs is 8. The molecule has 0 atom stereocenters. The van der Waals surface area contributed by atoms with E-state index >= 15 is 0 Å². The Morgan fingerprint density at radius 3 is 1.62 bits per heavy atom. The van der Waals surface area contributed by atoms with Crippen molar-refractivity contribution in [3.8, 4) is 0 Å². The van der Waals surface area contributed by atoms with Gasteiger partial charge in [0, 0.05) is 81.7 Å². The molecule has 0 saturated carbocycles. The number of hydrogen-bond donors (Lipinski definition) is 6. The highest BCUT2D eigenvalue weighted by molar-refractivity contribution is 14.1. The molecule has 3 aromatic rings. The summed E-state index contributed by atoms with van der Waals surface area (Å²) in [6.45, 7) is 20.8. The van der Waals surface area contributed by atoms with Crippen LogP contribution in [-0.4, -0.2) is 65.6 Å². The van der Waals surface area contributed by atoms with Crippen molar-refractivity contribution >= 4 is 95.0 Å². The van der Waals surface area contributed by atoms with Gasteiger partial charge >= 0.3 is 11.9 Å². The van der Waals surface area contributed by atoms with Crippen LogP contribution in [0, 0.1) is 13.8 Å². The molecule has 0 fully saturated rings. The lowest BCUT2D eigenvalue weighted by Gasteiger charge is -2.05. The van der Waals surface area contributed by atoms with Gasteiger partial charge in [0.2, 0.25) is 0 Å². The Hall–Kier alpha value is -4.82. The second-order valence-electron chi connectivity index (χ2n) is 12.7. The van der Waals surface area contributed by atoms with E-state index in [2.05, 4.69) is 46.7 Å². The normalized spacial score (nSPS) is 12.3. The summed E-state index contributed by atoms with van der Waals surface area (Å²) >= 11 is 1.73. The third-order valence-corrected chi connectivity index (χ3v) is 9.59. The fourth-order valence-corrected chi connectivity index (χ4v) is 6.59. The largest absolute Gasteiger partial charge is 0.481 e. The fraction of sp³-hybridized carbons (Fsp3) is 0.325. The third kappa shape index (κ3) is 9.53. The van der Waals surface area contributed by atoms with Crippen LogP contribution in [0.25, 0.3) is 56.5 Å². The summed E-state index contributed by atoms with van der Waals surface area (Å²) in [6, 6.07) is 7.88. The van der Waals surface area contributed by atoms with E-state index in [1.165, 1.54) is 0 Å². The molecule has 1 amide bonds. The highest BCUT2D eigenvalue weighted by Gasteiger charge is 2.22. The summed E-state index contributed by atoms with van der Waals surface area (Å²) < 4.78 is 0.0101. The smallest absolute Gasteiger partial charge is 0.303 e. The molecule has 0 saturated heterocycles. The van der Waals surface area contributed by atoms with Crippen molar-refractivity contribution in [1.82, 2.24) is 30.6 Å². The van der Waals surface area contributed by atoms with Crippen LogP contribution >= 0.6 is 22.6 Å².